The van der Waals surface area contributed by atoms with Crippen molar-refractivity contribution in [2.75, 3.05) is 19.3 Å². The lowest BCUT2D eigenvalue weighted by Gasteiger charge is -2.11. The standard InChI is InChI=1S/C11H12F3N3O2/c1-16-9(18)5-17-10(19)7-4-6(11(12,13)14)2-3-8(7)15/h2-4H,5,15H2,1H3,(H,16,18)(H,17,19). The Hall–Kier alpha value is -2.25. The van der Waals surface area contributed by atoms with Crippen LogP contribution in [0.2, 0.25) is 0 Å². The molecule has 0 fully saturated rings. The van der Waals surface area contributed by atoms with Gasteiger partial charge in [0.05, 0.1) is 17.7 Å². The van der Waals surface area contributed by atoms with Crippen molar-refractivity contribution in [2.24, 2.45) is 0 Å². The van der Waals surface area contributed by atoms with Gasteiger partial charge in [-0.25, -0.2) is 0 Å². The predicted molar refractivity (Wildman–Crippen MR) is 62.3 cm³/mol. The van der Waals surface area contributed by atoms with Gasteiger partial charge in [-0.15, -0.1) is 0 Å². The van der Waals surface area contributed by atoms with E-state index in [1.165, 1.54) is 7.05 Å². The van der Waals surface area contributed by atoms with E-state index in [0.29, 0.717) is 6.07 Å². The molecule has 1 rings (SSSR count). The highest BCUT2D eigenvalue weighted by Crippen LogP contribution is 2.31. The molecule has 0 bridgehead atoms. The van der Waals surface area contributed by atoms with Crippen LogP contribution in [0.1, 0.15) is 15.9 Å². The van der Waals surface area contributed by atoms with Gasteiger partial charge in [0, 0.05) is 12.7 Å². The van der Waals surface area contributed by atoms with Crippen molar-refractivity contribution in [1.82, 2.24) is 10.6 Å². The Kier molecular flexibility index (Phi) is 4.36. The average Bonchev–Trinajstić information content (AvgIpc) is 2.34. The van der Waals surface area contributed by atoms with Crippen LogP contribution in [0.4, 0.5) is 18.9 Å². The van der Waals surface area contributed by atoms with E-state index < -0.39 is 23.6 Å². The Morgan fingerprint density at radius 1 is 1.32 bits per heavy atom. The monoisotopic (exact) mass is 275 g/mol. The fraction of sp³-hybridized carbons (Fsp3) is 0.273. The molecule has 1 aromatic rings. The van der Waals surface area contributed by atoms with E-state index in [4.69, 9.17) is 5.73 Å². The fourth-order valence-corrected chi connectivity index (χ4v) is 1.27. The largest absolute Gasteiger partial charge is 0.416 e. The van der Waals surface area contributed by atoms with E-state index in [1.54, 1.807) is 0 Å². The molecule has 8 heteroatoms. The highest BCUT2D eigenvalue weighted by Gasteiger charge is 2.31. The summed E-state index contributed by atoms with van der Waals surface area (Å²) in [6.45, 7) is -0.342. The van der Waals surface area contributed by atoms with E-state index in [-0.39, 0.29) is 17.8 Å². The number of halogens is 3. The van der Waals surface area contributed by atoms with Gasteiger partial charge < -0.3 is 16.4 Å². The number of hydrogen-bond acceptors (Lipinski definition) is 3. The number of carbonyl (C=O) groups is 2. The second kappa shape index (κ2) is 5.59. The number of carbonyl (C=O) groups excluding carboxylic acids is 2. The summed E-state index contributed by atoms with van der Waals surface area (Å²) in [5.74, 6) is -1.31. The zero-order valence-electron chi connectivity index (χ0n) is 9.97. The Bertz CT molecular complexity index is 500. The molecule has 0 saturated heterocycles. The Morgan fingerprint density at radius 2 is 1.95 bits per heavy atom. The van der Waals surface area contributed by atoms with Gasteiger partial charge in [0.1, 0.15) is 0 Å². The number of rotatable bonds is 3. The minimum Gasteiger partial charge on any atom is -0.398 e. The van der Waals surface area contributed by atoms with Gasteiger partial charge in [-0.1, -0.05) is 0 Å². The third-order valence-corrected chi connectivity index (χ3v) is 2.31. The van der Waals surface area contributed by atoms with Crippen molar-refractivity contribution in [2.45, 2.75) is 6.18 Å². The highest BCUT2D eigenvalue weighted by molar-refractivity contribution is 6.00. The zero-order chi connectivity index (χ0) is 14.6. The maximum atomic E-state index is 12.5. The van der Waals surface area contributed by atoms with E-state index in [2.05, 4.69) is 10.6 Å². The molecule has 0 saturated carbocycles. The Morgan fingerprint density at radius 3 is 2.47 bits per heavy atom. The van der Waals surface area contributed by atoms with Gasteiger partial charge in [0.2, 0.25) is 5.91 Å². The van der Waals surface area contributed by atoms with Crippen LogP contribution in [0.5, 0.6) is 0 Å². The van der Waals surface area contributed by atoms with E-state index in [1.807, 2.05) is 0 Å². The molecule has 0 unspecified atom stereocenters. The number of amides is 2. The normalized spacial score (nSPS) is 10.9. The number of nitrogens with one attached hydrogen (secondary N) is 2. The van der Waals surface area contributed by atoms with Crippen LogP contribution in [0.15, 0.2) is 18.2 Å². The molecular formula is C11H12F3N3O2. The second-order valence-electron chi connectivity index (χ2n) is 3.66. The number of benzene rings is 1. The van der Waals surface area contributed by atoms with Crippen LogP contribution < -0.4 is 16.4 Å². The molecule has 0 aliphatic heterocycles. The van der Waals surface area contributed by atoms with Crippen molar-refractivity contribution in [3.63, 3.8) is 0 Å². The van der Waals surface area contributed by atoms with E-state index in [0.717, 1.165) is 12.1 Å². The molecule has 0 heterocycles. The first-order chi connectivity index (χ1) is 8.75. The van der Waals surface area contributed by atoms with Gasteiger partial charge in [-0.2, -0.15) is 13.2 Å². The van der Waals surface area contributed by atoms with Gasteiger partial charge in [-0.3, -0.25) is 9.59 Å². The molecule has 0 aliphatic rings. The number of anilines is 1. The summed E-state index contributed by atoms with van der Waals surface area (Å²) >= 11 is 0. The number of alkyl halides is 3. The molecule has 0 spiro atoms. The zero-order valence-corrected chi connectivity index (χ0v) is 9.97. The minimum absolute atomic E-state index is 0.0950. The van der Waals surface area contributed by atoms with Crippen LogP contribution >= 0.6 is 0 Å². The quantitative estimate of drug-likeness (QED) is 0.712. The maximum Gasteiger partial charge on any atom is 0.416 e. The lowest BCUT2D eigenvalue weighted by atomic mass is 10.1. The van der Waals surface area contributed by atoms with Crippen molar-refractivity contribution in [3.8, 4) is 0 Å². The summed E-state index contributed by atoms with van der Waals surface area (Å²) in [6.07, 6.45) is -4.57. The van der Waals surface area contributed by atoms with Gasteiger partial charge in [0.15, 0.2) is 0 Å². The van der Waals surface area contributed by atoms with Crippen molar-refractivity contribution < 1.29 is 22.8 Å². The third-order valence-electron chi connectivity index (χ3n) is 2.31. The molecule has 1 aromatic carbocycles. The van der Waals surface area contributed by atoms with Crippen molar-refractivity contribution in [3.05, 3.63) is 29.3 Å². The average molecular weight is 275 g/mol. The first-order valence-corrected chi connectivity index (χ1v) is 5.21. The Labute approximate surface area is 107 Å². The topological polar surface area (TPSA) is 84.2 Å². The van der Waals surface area contributed by atoms with Crippen LogP contribution in [0.3, 0.4) is 0 Å². The first-order valence-electron chi connectivity index (χ1n) is 5.21. The van der Waals surface area contributed by atoms with Crippen molar-refractivity contribution in [1.29, 1.82) is 0 Å². The second-order valence-corrected chi connectivity index (χ2v) is 3.66. The van der Waals surface area contributed by atoms with Crippen LogP contribution in [-0.2, 0) is 11.0 Å². The number of nitrogens with two attached hydrogens (primary N) is 1. The molecule has 0 aromatic heterocycles. The van der Waals surface area contributed by atoms with E-state index in [9.17, 15) is 22.8 Å². The summed E-state index contributed by atoms with van der Waals surface area (Å²) in [7, 11) is 1.37. The van der Waals surface area contributed by atoms with Gasteiger partial charge in [0.25, 0.3) is 5.91 Å². The molecule has 0 aliphatic carbocycles. The van der Waals surface area contributed by atoms with Crippen LogP contribution in [0.25, 0.3) is 0 Å². The number of nitrogen functional groups attached to an aromatic ring is 1. The third kappa shape index (κ3) is 3.87. The maximum absolute atomic E-state index is 12.5. The summed E-state index contributed by atoms with van der Waals surface area (Å²) < 4.78 is 37.5. The smallest absolute Gasteiger partial charge is 0.398 e. The Balaban J connectivity index is 2.93. The molecular weight excluding hydrogens is 263 g/mol. The number of hydrogen-bond donors (Lipinski definition) is 3. The molecule has 0 radical (unpaired) electrons. The van der Waals surface area contributed by atoms with Gasteiger partial charge in [-0.05, 0) is 18.2 Å². The van der Waals surface area contributed by atoms with Crippen LogP contribution in [0, 0.1) is 0 Å². The summed E-state index contributed by atoms with van der Waals surface area (Å²) in [5, 5.41) is 4.43. The molecule has 19 heavy (non-hydrogen) atoms. The SMILES string of the molecule is CNC(=O)CNC(=O)c1cc(C(F)(F)F)ccc1N. The molecule has 4 N–H and O–H groups in total. The lowest BCUT2D eigenvalue weighted by molar-refractivity contribution is -0.137. The molecule has 2 amide bonds. The fourth-order valence-electron chi connectivity index (χ4n) is 1.27. The van der Waals surface area contributed by atoms with Crippen molar-refractivity contribution >= 4 is 17.5 Å². The van der Waals surface area contributed by atoms with Crippen LogP contribution in [-0.4, -0.2) is 25.4 Å². The first kappa shape index (κ1) is 14.8. The summed E-state index contributed by atoms with van der Waals surface area (Å²) in [4.78, 5) is 22.5. The molecule has 104 valence electrons. The molecule has 5 nitrogen and oxygen atoms in total. The summed E-state index contributed by atoms with van der Waals surface area (Å²) in [5.41, 5.74) is 4.05. The van der Waals surface area contributed by atoms with E-state index >= 15 is 0 Å². The highest BCUT2D eigenvalue weighted by atomic mass is 19.4. The lowest BCUT2D eigenvalue weighted by Crippen LogP contribution is -2.35. The minimum atomic E-state index is -4.57. The molecule has 0 atom stereocenters. The predicted octanol–water partition coefficient (Wildman–Crippen LogP) is 0.763. The summed E-state index contributed by atoms with van der Waals surface area (Å²) in [6, 6.07) is 2.43. The van der Waals surface area contributed by atoms with Gasteiger partial charge >= 0.3 is 6.18 Å². The number of likely N-dealkylation sites (N-methyl/N-ethyl adjacent to an activating group) is 1.